The Morgan fingerprint density at radius 2 is 1.94 bits per heavy atom. The van der Waals surface area contributed by atoms with Crippen LogP contribution in [0.4, 0.5) is 5.82 Å². The number of aromatic nitrogens is 4. The van der Waals surface area contributed by atoms with E-state index < -0.39 is 13.4 Å². The van der Waals surface area contributed by atoms with Crippen molar-refractivity contribution in [3.05, 3.63) is 42.2 Å². The SMILES string of the molecule is CCC(C)OP(=O)(O)C(Cc1ccccc1)OCCn1cnc2c(N)nc(OCCOC)nc21. The van der Waals surface area contributed by atoms with E-state index in [0.717, 1.165) is 5.56 Å². The molecule has 3 rings (SSSR count). The Kier molecular flexibility index (Phi) is 9.37. The summed E-state index contributed by atoms with van der Waals surface area (Å²) in [5.41, 5.74) is 7.79. The van der Waals surface area contributed by atoms with Crippen molar-refractivity contribution in [2.45, 2.75) is 45.2 Å². The molecule has 0 spiro atoms. The van der Waals surface area contributed by atoms with Crippen molar-refractivity contribution in [2.75, 3.05) is 32.7 Å². The molecule has 1 aromatic carbocycles. The van der Waals surface area contributed by atoms with E-state index in [2.05, 4.69) is 15.0 Å². The fourth-order valence-corrected chi connectivity index (χ4v) is 4.70. The highest BCUT2D eigenvalue weighted by molar-refractivity contribution is 7.53. The molecule has 12 heteroatoms. The zero-order valence-electron chi connectivity index (χ0n) is 19.7. The van der Waals surface area contributed by atoms with Crippen molar-refractivity contribution in [1.29, 1.82) is 0 Å². The molecule has 0 radical (unpaired) electrons. The minimum atomic E-state index is -4.05. The van der Waals surface area contributed by atoms with E-state index in [9.17, 15) is 9.46 Å². The Bertz CT molecular complexity index is 1100. The monoisotopic (exact) mass is 493 g/mol. The van der Waals surface area contributed by atoms with Crippen molar-refractivity contribution in [2.24, 2.45) is 0 Å². The van der Waals surface area contributed by atoms with Crippen LogP contribution >= 0.6 is 7.60 Å². The van der Waals surface area contributed by atoms with Crippen molar-refractivity contribution in [1.82, 2.24) is 19.5 Å². The maximum absolute atomic E-state index is 13.0. The number of ether oxygens (including phenoxy) is 3. The maximum Gasteiger partial charge on any atom is 0.357 e. The Hall–Kier alpha value is -2.56. The zero-order valence-corrected chi connectivity index (χ0v) is 20.6. The zero-order chi connectivity index (χ0) is 24.6. The molecule has 34 heavy (non-hydrogen) atoms. The standard InChI is InChI=1S/C22H32N5O6P/c1-4-16(2)33-34(28,29)18(14-17-8-6-5-7-9-17)31-11-10-27-15-24-19-20(23)25-22(26-21(19)27)32-13-12-30-3/h5-9,15-16,18H,4,10-14H2,1-3H3,(H,28,29)(H2,23,25,26). The van der Waals surface area contributed by atoms with Gasteiger partial charge in [0.2, 0.25) is 0 Å². The smallest absolute Gasteiger partial charge is 0.357 e. The molecular formula is C22H32N5O6P. The highest BCUT2D eigenvalue weighted by Gasteiger charge is 2.35. The third-order valence-corrected chi connectivity index (χ3v) is 6.88. The maximum atomic E-state index is 13.0. The van der Waals surface area contributed by atoms with Crippen LogP contribution in [0.1, 0.15) is 25.8 Å². The molecule has 186 valence electrons. The van der Waals surface area contributed by atoms with Crippen LogP contribution in [0.25, 0.3) is 11.2 Å². The second kappa shape index (κ2) is 12.2. The summed E-state index contributed by atoms with van der Waals surface area (Å²) in [5, 5.41) is 0. The van der Waals surface area contributed by atoms with Crippen LogP contribution in [-0.4, -0.2) is 63.3 Å². The number of benzene rings is 1. The average Bonchev–Trinajstić information content (AvgIpc) is 3.22. The van der Waals surface area contributed by atoms with E-state index in [0.29, 0.717) is 30.7 Å². The van der Waals surface area contributed by atoms with Crippen LogP contribution in [-0.2, 0) is 31.5 Å². The molecule has 3 aromatic rings. The van der Waals surface area contributed by atoms with E-state index >= 15 is 0 Å². The van der Waals surface area contributed by atoms with Gasteiger partial charge in [-0.1, -0.05) is 37.3 Å². The van der Waals surface area contributed by atoms with Crippen molar-refractivity contribution >= 4 is 24.6 Å². The largest absolute Gasteiger partial charge is 0.461 e. The van der Waals surface area contributed by atoms with E-state index in [1.54, 1.807) is 24.9 Å². The van der Waals surface area contributed by atoms with E-state index in [1.807, 2.05) is 37.3 Å². The van der Waals surface area contributed by atoms with E-state index in [4.69, 9.17) is 24.5 Å². The number of methoxy groups -OCH3 is 1. The van der Waals surface area contributed by atoms with Crippen molar-refractivity contribution in [3.8, 4) is 6.01 Å². The van der Waals surface area contributed by atoms with Gasteiger partial charge in [-0.25, -0.2) is 4.98 Å². The van der Waals surface area contributed by atoms with Gasteiger partial charge in [0, 0.05) is 20.1 Å². The molecule has 0 saturated heterocycles. The number of hydrogen-bond acceptors (Lipinski definition) is 9. The van der Waals surface area contributed by atoms with Crippen LogP contribution < -0.4 is 10.5 Å². The summed E-state index contributed by atoms with van der Waals surface area (Å²) >= 11 is 0. The molecule has 0 amide bonds. The first kappa shape index (κ1) is 26.1. The highest BCUT2D eigenvalue weighted by atomic mass is 31.2. The summed E-state index contributed by atoms with van der Waals surface area (Å²) in [5.74, 6) is -0.827. The van der Waals surface area contributed by atoms with Gasteiger partial charge in [-0.15, -0.1) is 0 Å². The normalized spacial score (nSPS) is 15.2. The Morgan fingerprint density at radius 1 is 1.18 bits per heavy atom. The van der Waals surface area contributed by atoms with Gasteiger partial charge in [-0.3, -0.25) is 4.57 Å². The predicted octanol–water partition coefficient (Wildman–Crippen LogP) is 3.02. The Morgan fingerprint density at radius 3 is 2.65 bits per heavy atom. The first-order valence-electron chi connectivity index (χ1n) is 11.1. The van der Waals surface area contributed by atoms with Gasteiger partial charge in [0.1, 0.15) is 6.61 Å². The molecule has 3 atom stereocenters. The fourth-order valence-electron chi connectivity index (χ4n) is 3.16. The van der Waals surface area contributed by atoms with Crippen LogP contribution in [0.5, 0.6) is 6.01 Å². The number of nitrogen functional groups attached to an aromatic ring is 1. The molecule has 0 fully saturated rings. The number of rotatable bonds is 14. The van der Waals surface area contributed by atoms with Gasteiger partial charge in [-0.2, -0.15) is 9.97 Å². The first-order chi connectivity index (χ1) is 16.3. The van der Waals surface area contributed by atoms with Gasteiger partial charge in [0.25, 0.3) is 0 Å². The van der Waals surface area contributed by atoms with E-state index in [1.165, 1.54) is 0 Å². The van der Waals surface area contributed by atoms with Crippen molar-refractivity contribution in [3.63, 3.8) is 0 Å². The van der Waals surface area contributed by atoms with Crippen LogP contribution in [0.15, 0.2) is 36.7 Å². The number of anilines is 1. The van der Waals surface area contributed by atoms with Crippen LogP contribution in [0.2, 0.25) is 0 Å². The van der Waals surface area contributed by atoms with Gasteiger partial charge >= 0.3 is 13.6 Å². The average molecular weight is 494 g/mol. The molecule has 3 N–H and O–H groups in total. The van der Waals surface area contributed by atoms with Gasteiger partial charge in [-0.05, 0) is 18.9 Å². The lowest BCUT2D eigenvalue weighted by molar-refractivity contribution is 0.0640. The molecule has 0 bridgehead atoms. The number of nitrogens with two attached hydrogens (primary N) is 1. The predicted molar refractivity (Wildman–Crippen MR) is 128 cm³/mol. The minimum Gasteiger partial charge on any atom is -0.461 e. The summed E-state index contributed by atoms with van der Waals surface area (Å²) in [6, 6.07) is 9.52. The van der Waals surface area contributed by atoms with Gasteiger partial charge in [0.05, 0.1) is 25.6 Å². The lowest BCUT2D eigenvalue weighted by Gasteiger charge is -2.25. The summed E-state index contributed by atoms with van der Waals surface area (Å²) < 4.78 is 36.6. The lowest BCUT2D eigenvalue weighted by atomic mass is 10.2. The summed E-state index contributed by atoms with van der Waals surface area (Å²) in [4.78, 5) is 23.4. The number of fused-ring (bicyclic) bond motifs is 1. The summed E-state index contributed by atoms with van der Waals surface area (Å²) in [6.07, 6.45) is 2.05. The molecule has 3 unspecified atom stereocenters. The quantitative estimate of drug-likeness (QED) is 0.254. The number of hydrogen-bond donors (Lipinski definition) is 2. The highest BCUT2D eigenvalue weighted by Crippen LogP contribution is 2.50. The van der Waals surface area contributed by atoms with E-state index in [-0.39, 0.29) is 37.6 Å². The molecule has 2 heterocycles. The number of imidazole rings is 1. The molecule has 0 aliphatic carbocycles. The molecule has 0 aliphatic heterocycles. The fraction of sp³-hybridized carbons (Fsp3) is 0.500. The summed E-state index contributed by atoms with van der Waals surface area (Å²) in [7, 11) is -2.48. The first-order valence-corrected chi connectivity index (χ1v) is 12.7. The summed E-state index contributed by atoms with van der Waals surface area (Å²) in [6.45, 7) is 4.76. The topological polar surface area (TPSA) is 144 Å². The molecule has 11 nitrogen and oxygen atoms in total. The number of nitrogens with zero attached hydrogens (tertiary/aromatic N) is 4. The van der Waals surface area contributed by atoms with Crippen LogP contribution in [0.3, 0.4) is 0 Å². The molecular weight excluding hydrogens is 461 g/mol. The van der Waals surface area contributed by atoms with Crippen LogP contribution in [0, 0.1) is 0 Å². The molecule has 0 aliphatic rings. The third kappa shape index (κ3) is 6.97. The molecule has 2 aromatic heterocycles. The molecule has 0 saturated carbocycles. The lowest BCUT2D eigenvalue weighted by Crippen LogP contribution is -2.22. The second-order valence-electron chi connectivity index (χ2n) is 7.75. The van der Waals surface area contributed by atoms with Gasteiger partial charge < -0.3 is 33.9 Å². The third-order valence-electron chi connectivity index (χ3n) is 5.15. The second-order valence-corrected chi connectivity index (χ2v) is 9.66. The van der Waals surface area contributed by atoms with Gasteiger partial charge in [0.15, 0.2) is 22.8 Å². The minimum absolute atomic E-state index is 0.119. The Balaban J connectivity index is 1.73. The van der Waals surface area contributed by atoms with Crippen molar-refractivity contribution < 1.29 is 28.2 Å². The Labute approximate surface area is 198 Å².